The Morgan fingerprint density at radius 3 is 2.70 bits per heavy atom. The summed E-state index contributed by atoms with van der Waals surface area (Å²) >= 11 is 4.84. The molecule has 0 amide bonds. The molecule has 0 aromatic heterocycles. The number of rotatable bonds is 5. The second-order valence-corrected chi connectivity index (χ2v) is 7.38. The van der Waals surface area contributed by atoms with Crippen LogP contribution < -0.4 is 11.1 Å². The van der Waals surface area contributed by atoms with Gasteiger partial charge in [0, 0.05) is 13.0 Å². The maximum atomic E-state index is 14.3. The molecule has 1 aromatic rings. The van der Waals surface area contributed by atoms with E-state index in [9.17, 15) is 13.2 Å². The van der Waals surface area contributed by atoms with E-state index >= 15 is 0 Å². The molecule has 2 unspecified atom stereocenters. The Morgan fingerprint density at radius 1 is 1.30 bits per heavy atom. The number of hydrogen-bond acceptors (Lipinski definition) is 4. The summed E-state index contributed by atoms with van der Waals surface area (Å²) in [6.45, 7) is 0.380. The molecule has 1 aliphatic heterocycles. The lowest BCUT2D eigenvalue weighted by Crippen LogP contribution is -2.64. The molecule has 27 heavy (non-hydrogen) atoms. The lowest BCUT2D eigenvalue weighted by atomic mass is 9.83. The molecular formula is C20H24F3N3S. The van der Waals surface area contributed by atoms with Gasteiger partial charge in [-0.25, -0.2) is 0 Å². The van der Waals surface area contributed by atoms with Crippen molar-refractivity contribution in [3.8, 4) is 0 Å². The number of nitrogens with one attached hydrogen (secondary N) is 1. The van der Waals surface area contributed by atoms with E-state index < -0.39 is 17.9 Å². The minimum absolute atomic E-state index is 0.103. The van der Waals surface area contributed by atoms with Gasteiger partial charge in [-0.2, -0.15) is 13.2 Å². The standard InChI is InChI=1S/C20H24F3N3S/c21-20(22,23)19(11-8-15(9-12-19)10-14-27)26-13-4-3-7-18(26)25-17-6-2-1-5-16(17)24/h1-2,5-6,8-9,11,14,18,25H,3-4,7,10,12-13,24H2. The number of nitrogen functional groups attached to an aromatic ring is 1. The van der Waals surface area contributed by atoms with Crippen molar-refractivity contribution in [3.05, 3.63) is 48.1 Å². The topological polar surface area (TPSA) is 41.3 Å². The van der Waals surface area contributed by atoms with Gasteiger partial charge in [-0.15, -0.1) is 0 Å². The first-order valence-electron chi connectivity index (χ1n) is 9.14. The molecule has 146 valence electrons. The number of halogens is 3. The van der Waals surface area contributed by atoms with Gasteiger partial charge >= 0.3 is 6.18 Å². The van der Waals surface area contributed by atoms with E-state index in [-0.39, 0.29) is 6.42 Å². The number of anilines is 2. The van der Waals surface area contributed by atoms with Crippen LogP contribution in [-0.4, -0.2) is 34.7 Å². The van der Waals surface area contributed by atoms with Crippen LogP contribution in [0.25, 0.3) is 0 Å². The lowest BCUT2D eigenvalue weighted by molar-refractivity contribution is -0.222. The zero-order valence-electron chi connectivity index (χ0n) is 15.0. The minimum Gasteiger partial charge on any atom is -0.397 e. The summed E-state index contributed by atoms with van der Waals surface area (Å²) in [4.78, 5) is 1.56. The van der Waals surface area contributed by atoms with Crippen molar-refractivity contribution >= 4 is 29.0 Å². The molecule has 0 radical (unpaired) electrons. The van der Waals surface area contributed by atoms with Gasteiger partial charge in [0.15, 0.2) is 0 Å². The number of allylic oxidation sites excluding steroid dienone is 2. The van der Waals surface area contributed by atoms with Gasteiger partial charge in [-0.3, -0.25) is 4.90 Å². The van der Waals surface area contributed by atoms with Crippen molar-refractivity contribution in [1.29, 1.82) is 0 Å². The summed E-state index contributed by atoms with van der Waals surface area (Å²) in [5.74, 6) is 0. The summed E-state index contributed by atoms with van der Waals surface area (Å²) in [7, 11) is 0. The summed E-state index contributed by atoms with van der Waals surface area (Å²) in [5.41, 5.74) is 6.01. The Balaban J connectivity index is 1.92. The number of benzene rings is 1. The third kappa shape index (κ3) is 4.04. The Bertz CT molecular complexity index is 744. The highest BCUT2D eigenvalue weighted by atomic mass is 32.1. The van der Waals surface area contributed by atoms with Crippen molar-refractivity contribution < 1.29 is 13.2 Å². The lowest BCUT2D eigenvalue weighted by Gasteiger charge is -2.50. The van der Waals surface area contributed by atoms with Crippen LogP contribution in [0, 0.1) is 0 Å². The summed E-state index contributed by atoms with van der Waals surface area (Å²) in [6, 6.07) is 7.18. The number of likely N-dealkylation sites (tertiary alicyclic amines) is 1. The number of nitrogens with two attached hydrogens (primary N) is 1. The quantitative estimate of drug-likeness (QED) is 0.540. The van der Waals surface area contributed by atoms with Crippen LogP contribution in [0.2, 0.25) is 0 Å². The number of piperidine rings is 1. The highest BCUT2D eigenvalue weighted by Crippen LogP contribution is 2.45. The molecule has 1 saturated heterocycles. The Morgan fingerprint density at radius 2 is 2.07 bits per heavy atom. The molecule has 3 N–H and O–H groups in total. The molecular weight excluding hydrogens is 371 g/mol. The number of nitrogens with zero attached hydrogens (tertiary/aromatic N) is 1. The summed E-state index contributed by atoms with van der Waals surface area (Å²) in [6.07, 6.45) is 2.39. The van der Waals surface area contributed by atoms with Crippen molar-refractivity contribution in [2.24, 2.45) is 0 Å². The highest BCUT2D eigenvalue weighted by Gasteiger charge is 2.58. The predicted octanol–water partition coefficient (Wildman–Crippen LogP) is 5.07. The summed E-state index contributed by atoms with van der Waals surface area (Å²) in [5, 5.41) is 4.80. The maximum absolute atomic E-state index is 14.3. The summed E-state index contributed by atoms with van der Waals surface area (Å²) < 4.78 is 42.8. The number of thiocarbonyl (C=S) groups is 1. The molecule has 7 heteroatoms. The Hall–Kier alpha value is -1.86. The largest absolute Gasteiger partial charge is 0.410 e. The van der Waals surface area contributed by atoms with E-state index in [1.165, 1.54) is 6.08 Å². The molecule has 0 spiro atoms. The van der Waals surface area contributed by atoms with Crippen LogP contribution in [0.1, 0.15) is 32.1 Å². The van der Waals surface area contributed by atoms with Crippen LogP contribution in [0.3, 0.4) is 0 Å². The molecule has 3 nitrogen and oxygen atoms in total. The van der Waals surface area contributed by atoms with E-state index in [2.05, 4.69) is 5.32 Å². The van der Waals surface area contributed by atoms with Crippen molar-refractivity contribution in [2.75, 3.05) is 17.6 Å². The maximum Gasteiger partial charge on any atom is 0.410 e. The van der Waals surface area contributed by atoms with Crippen LogP contribution in [0.5, 0.6) is 0 Å². The van der Waals surface area contributed by atoms with Gasteiger partial charge in [0.05, 0.1) is 17.5 Å². The number of para-hydroxylation sites is 2. The molecule has 3 rings (SSSR count). The first kappa shape index (κ1) is 19.9. The van der Waals surface area contributed by atoms with Crippen molar-refractivity contribution in [1.82, 2.24) is 4.90 Å². The van der Waals surface area contributed by atoms with Crippen LogP contribution in [0.15, 0.2) is 48.1 Å². The van der Waals surface area contributed by atoms with Crippen LogP contribution in [-0.2, 0) is 0 Å². The second kappa shape index (κ2) is 8.02. The molecule has 1 heterocycles. The fourth-order valence-corrected chi connectivity index (χ4v) is 4.06. The van der Waals surface area contributed by atoms with Crippen molar-refractivity contribution in [3.63, 3.8) is 0 Å². The van der Waals surface area contributed by atoms with E-state index in [0.717, 1.165) is 18.4 Å². The van der Waals surface area contributed by atoms with Gasteiger partial charge in [-0.1, -0.05) is 42.6 Å². The van der Waals surface area contributed by atoms with E-state index in [0.29, 0.717) is 30.8 Å². The predicted molar refractivity (Wildman–Crippen MR) is 108 cm³/mol. The fraction of sp³-hybridized carbons (Fsp3) is 0.450. The Labute approximate surface area is 163 Å². The molecule has 1 aliphatic carbocycles. The molecule has 1 aromatic carbocycles. The monoisotopic (exact) mass is 395 g/mol. The Kier molecular flexibility index (Phi) is 5.91. The molecule has 0 bridgehead atoms. The molecule has 2 atom stereocenters. The average molecular weight is 395 g/mol. The average Bonchev–Trinajstić information content (AvgIpc) is 2.64. The number of hydrogen-bond donors (Lipinski definition) is 2. The van der Waals surface area contributed by atoms with Gasteiger partial charge < -0.3 is 11.1 Å². The van der Waals surface area contributed by atoms with Gasteiger partial charge in [0.25, 0.3) is 0 Å². The van der Waals surface area contributed by atoms with E-state index in [1.54, 1.807) is 34.6 Å². The first-order chi connectivity index (χ1) is 12.9. The third-order valence-electron chi connectivity index (χ3n) is 5.36. The van der Waals surface area contributed by atoms with E-state index in [1.807, 2.05) is 12.1 Å². The van der Waals surface area contributed by atoms with E-state index in [4.69, 9.17) is 18.0 Å². The minimum atomic E-state index is -4.39. The molecule has 0 saturated carbocycles. The molecule has 1 fully saturated rings. The zero-order chi connectivity index (χ0) is 19.5. The van der Waals surface area contributed by atoms with Crippen LogP contribution in [0.4, 0.5) is 24.5 Å². The SMILES string of the molecule is Nc1ccccc1NC1CCCCN1C1(C(F)(F)F)C=CC(CC=S)=CC1. The zero-order valence-corrected chi connectivity index (χ0v) is 15.8. The second-order valence-electron chi connectivity index (χ2n) is 7.05. The fourth-order valence-electron chi connectivity index (χ4n) is 3.87. The van der Waals surface area contributed by atoms with Gasteiger partial charge in [-0.05, 0) is 48.8 Å². The van der Waals surface area contributed by atoms with Crippen molar-refractivity contribution in [2.45, 2.75) is 50.0 Å². The normalized spacial score (nSPS) is 26.5. The van der Waals surface area contributed by atoms with Gasteiger partial charge in [0.2, 0.25) is 0 Å². The van der Waals surface area contributed by atoms with Crippen LogP contribution >= 0.6 is 12.2 Å². The highest BCUT2D eigenvalue weighted by molar-refractivity contribution is 7.79. The van der Waals surface area contributed by atoms with Gasteiger partial charge in [0.1, 0.15) is 5.54 Å². The molecule has 2 aliphatic rings. The first-order valence-corrected chi connectivity index (χ1v) is 9.61. The smallest absolute Gasteiger partial charge is 0.397 e. The third-order valence-corrected chi connectivity index (χ3v) is 5.52. The number of alkyl halides is 3.